The number of anilines is 1. The average molecular weight is 302 g/mol. The Balaban J connectivity index is 1.99. The highest BCUT2D eigenvalue weighted by Crippen LogP contribution is 2.31. The van der Waals surface area contributed by atoms with Crippen LogP contribution in [0.25, 0.3) is 0 Å². The molecule has 0 fully saturated rings. The van der Waals surface area contributed by atoms with Gasteiger partial charge in [0, 0.05) is 18.8 Å². The van der Waals surface area contributed by atoms with Gasteiger partial charge in [-0.1, -0.05) is 18.2 Å². The fraction of sp³-hybridized carbons (Fsp3) is 0.143. The van der Waals surface area contributed by atoms with Crippen LogP contribution >= 0.6 is 0 Å². The minimum absolute atomic E-state index is 0.185. The molecule has 6 nitrogen and oxygen atoms in total. The van der Waals surface area contributed by atoms with Crippen molar-refractivity contribution in [2.24, 2.45) is 4.99 Å². The number of rotatable bonds is 3. The molecule has 1 aliphatic heterocycles. The van der Waals surface area contributed by atoms with Crippen molar-refractivity contribution in [3.05, 3.63) is 48.2 Å². The second-order valence-electron chi connectivity index (χ2n) is 4.52. The summed E-state index contributed by atoms with van der Waals surface area (Å²) in [6.45, 7) is 0.185. The first-order valence-corrected chi connectivity index (χ1v) is 7.83. The van der Waals surface area contributed by atoms with Crippen LogP contribution in [-0.4, -0.2) is 31.1 Å². The van der Waals surface area contributed by atoms with E-state index in [9.17, 15) is 8.42 Å². The molecule has 1 aromatic carbocycles. The number of benzene rings is 1. The molecular formula is C14H14N4O2S. The number of hydrogen-bond acceptors (Lipinski definition) is 5. The molecule has 2 heterocycles. The maximum Gasteiger partial charge on any atom is 0.267 e. The van der Waals surface area contributed by atoms with Gasteiger partial charge in [0.05, 0.1) is 12.2 Å². The standard InChI is InChI=1S/C14H14N4O2S/c1-15-14-11(5-4-8-16-14)9-18-10-17-12-6-2-3-7-13(12)21(18,19)20/h2-8,10H,9H2,1H3,(H,15,16). The van der Waals surface area contributed by atoms with Crippen LogP contribution in [-0.2, 0) is 16.6 Å². The highest BCUT2D eigenvalue weighted by molar-refractivity contribution is 7.89. The van der Waals surface area contributed by atoms with Gasteiger partial charge in [-0.25, -0.2) is 18.4 Å². The number of aromatic nitrogens is 1. The molecule has 1 aliphatic rings. The van der Waals surface area contributed by atoms with E-state index in [1.807, 2.05) is 6.07 Å². The van der Waals surface area contributed by atoms with Gasteiger partial charge in [0.2, 0.25) is 0 Å². The second-order valence-corrected chi connectivity index (χ2v) is 6.38. The van der Waals surface area contributed by atoms with E-state index in [4.69, 9.17) is 0 Å². The van der Waals surface area contributed by atoms with Crippen LogP contribution in [0.3, 0.4) is 0 Å². The molecule has 0 spiro atoms. The van der Waals surface area contributed by atoms with E-state index in [0.29, 0.717) is 11.5 Å². The first kappa shape index (κ1) is 13.6. The number of fused-ring (bicyclic) bond motifs is 1. The SMILES string of the molecule is CNc1ncccc1CN1C=Nc2ccccc2S1(=O)=O. The van der Waals surface area contributed by atoms with Crippen molar-refractivity contribution in [3.8, 4) is 0 Å². The van der Waals surface area contributed by atoms with Crippen LogP contribution in [0.2, 0.25) is 0 Å². The van der Waals surface area contributed by atoms with Gasteiger partial charge in [0.1, 0.15) is 17.1 Å². The molecule has 0 aliphatic carbocycles. The summed E-state index contributed by atoms with van der Waals surface area (Å²) in [7, 11) is -1.83. The lowest BCUT2D eigenvalue weighted by molar-refractivity contribution is 0.522. The van der Waals surface area contributed by atoms with Gasteiger partial charge in [-0.3, -0.25) is 4.31 Å². The average Bonchev–Trinajstić information content (AvgIpc) is 2.51. The Morgan fingerprint density at radius 3 is 2.81 bits per heavy atom. The van der Waals surface area contributed by atoms with Gasteiger partial charge in [0.25, 0.3) is 10.0 Å². The third-order valence-corrected chi connectivity index (χ3v) is 4.97. The Morgan fingerprint density at radius 2 is 2.00 bits per heavy atom. The molecule has 0 amide bonds. The van der Waals surface area contributed by atoms with E-state index in [1.54, 1.807) is 43.6 Å². The van der Waals surface area contributed by atoms with E-state index < -0.39 is 10.0 Å². The molecular weight excluding hydrogens is 288 g/mol. The van der Waals surface area contributed by atoms with Gasteiger partial charge in [0.15, 0.2) is 0 Å². The molecule has 2 aromatic rings. The van der Waals surface area contributed by atoms with Crippen molar-refractivity contribution in [2.75, 3.05) is 12.4 Å². The smallest absolute Gasteiger partial charge is 0.267 e. The molecule has 1 N–H and O–H groups in total. The van der Waals surface area contributed by atoms with Gasteiger partial charge in [-0.2, -0.15) is 0 Å². The lowest BCUT2D eigenvalue weighted by Crippen LogP contribution is -2.31. The maximum absolute atomic E-state index is 12.6. The molecule has 3 rings (SSSR count). The van der Waals surface area contributed by atoms with E-state index in [1.165, 1.54) is 10.6 Å². The fourth-order valence-corrected chi connectivity index (χ4v) is 3.55. The van der Waals surface area contributed by atoms with Gasteiger partial charge in [-0.15, -0.1) is 0 Å². The monoisotopic (exact) mass is 302 g/mol. The van der Waals surface area contributed by atoms with Crippen LogP contribution in [0.1, 0.15) is 5.56 Å². The Labute approximate surface area is 123 Å². The Morgan fingerprint density at radius 1 is 1.19 bits per heavy atom. The van der Waals surface area contributed by atoms with Crippen molar-refractivity contribution >= 4 is 27.9 Å². The Hall–Kier alpha value is -2.41. The fourth-order valence-electron chi connectivity index (χ4n) is 2.18. The number of pyridine rings is 1. The molecule has 0 saturated carbocycles. The molecule has 0 radical (unpaired) electrons. The molecule has 0 saturated heterocycles. The van der Waals surface area contributed by atoms with Crippen LogP contribution < -0.4 is 5.32 Å². The summed E-state index contributed by atoms with van der Waals surface area (Å²) in [4.78, 5) is 8.60. The van der Waals surface area contributed by atoms with Crippen LogP contribution in [0.5, 0.6) is 0 Å². The molecule has 1 aromatic heterocycles. The number of nitrogens with one attached hydrogen (secondary N) is 1. The first-order valence-electron chi connectivity index (χ1n) is 6.39. The normalized spacial score (nSPS) is 15.6. The number of para-hydroxylation sites is 1. The summed E-state index contributed by atoms with van der Waals surface area (Å²) in [6.07, 6.45) is 3.01. The van der Waals surface area contributed by atoms with Crippen LogP contribution in [0, 0.1) is 0 Å². The maximum atomic E-state index is 12.6. The summed E-state index contributed by atoms with van der Waals surface area (Å²) >= 11 is 0. The van der Waals surface area contributed by atoms with Crippen molar-refractivity contribution < 1.29 is 8.42 Å². The predicted octanol–water partition coefficient (Wildman–Crippen LogP) is 1.99. The van der Waals surface area contributed by atoms with Crippen molar-refractivity contribution in [2.45, 2.75) is 11.4 Å². The van der Waals surface area contributed by atoms with E-state index >= 15 is 0 Å². The Kier molecular flexibility index (Phi) is 3.34. The molecule has 0 bridgehead atoms. The van der Waals surface area contributed by atoms with Crippen LogP contribution in [0.4, 0.5) is 11.5 Å². The van der Waals surface area contributed by atoms with Crippen LogP contribution in [0.15, 0.2) is 52.5 Å². The minimum Gasteiger partial charge on any atom is -0.373 e. The lowest BCUT2D eigenvalue weighted by Gasteiger charge is -2.24. The topological polar surface area (TPSA) is 74.7 Å². The highest BCUT2D eigenvalue weighted by Gasteiger charge is 2.28. The van der Waals surface area contributed by atoms with Crippen molar-refractivity contribution in [1.82, 2.24) is 9.29 Å². The third-order valence-electron chi connectivity index (χ3n) is 3.23. The second kappa shape index (κ2) is 5.17. The number of hydrogen-bond donors (Lipinski definition) is 1. The molecule has 108 valence electrons. The lowest BCUT2D eigenvalue weighted by atomic mass is 10.2. The summed E-state index contributed by atoms with van der Waals surface area (Å²) in [5.74, 6) is 0.653. The first-order chi connectivity index (χ1) is 10.1. The molecule has 0 unspecified atom stereocenters. The largest absolute Gasteiger partial charge is 0.373 e. The van der Waals surface area contributed by atoms with Gasteiger partial charge >= 0.3 is 0 Å². The summed E-state index contributed by atoms with van der Waals surface area (Å²) in [5.41, 5.74) is 1.25. The number of aliphatic imine (C=N–C) groups is 1. The van der Waals surface area contributed by atoms with Gasteiger partial charge in [-0.05, 0) is 18.2 Å². The van der Waals surface area contributed by atoms with E-state index in [0.717, 1.165) is 5.56 Å². The van der Waals surface area contributed by atoms with Crippen molar-refractivity contribution in [3.63, 3.8) is 0 Å². The highest BCUT2D eigenvalue weighted by atomic mass is 32.2. The zero-order valence-electron chi connectivity index (χ0n) is 11.4. The summed E-state index contributed by atoms with van der Waals surface area (Å²) < 4.78 is 26.4. The number of sulfonamides is 1. The van der Waals surface area contributed by atoms with Crippen molar-refractivity contribution in [1.29, 1.82) is 0 Å². The minimum atomic E-state index is -3.58. The zero-order valence-corrected chi connectivity index (χ0v) is 12.2. The Bertz CT molecular complexity index is 802. The summed E-state index contributed by atoms with van der Waals surface area (Å²) in [5, 5.41) is 2.95. The molecule has 21 heavy (non-hydrogen) atoms. The number of nitrogens with zero attached hydrogens (tertiary/aromatic N) is 3. The zero-order chi connectivity index (χ0) is 14.9. The third kappa shape index (κ3) is 2.36. The molecule has 7 heteroatoms. The molecule has 0 atom stereocenters. The predicted molar refractivity (Wildman–Crippen MR) is 81.1 cm³/mol. The summed E-state index contributed by atoms with van der Waals surface area (Å²) in [6, 6.07) is 10.3. The quantitative estimate of drug-likeness (QED) is 0.941. The van der Waals surface area contributed by atoms with E-state index in [2.05, 4.69) is 15.3 Å². The van der Waals surface area contributed by atoms with E-state index in [-0.39, 0.29) is 11.4 Å². The van der Waals surface area contributed by atoms with Gasteiger partial charge < -0.3 is 5.32 Å².